The Bertz CT molecular complexity index is 5820. The number of aryl methyl sites for hydroxylation is 6. The number of nitriles is 1. The number of carbonyl (C=O) groups excluding carboxylic acids is 2. The van der Waals surface area contributed by atoms with Crippen LogP contribution in [0.5, 0.6) is 34.5 Å². The van der Waals surface area contributed by atoms with Gasteiger partial charge in [-0.15, -0.1) is 0 Å². The summed E-state index contributed by atoms with van der Waals surface area (Å²) >= 11 is 0. The molecule has 0 saturated heterocycles. The Morgan fingerprint density at radius 3 is 1.24 bits per heavy atom. The van der Waals surface area contributed by atoms with Gasteiger partial charge >= 0.3 is 0 Å². The van der Waals surface area contributed by atoms with Crippen LogP contribution in [0.4, 0.5) is 22.7 Å². The second-order valence-electron chi connectivity index (χ2n) is 27.3. The molecule has 10 aromatic rings. The number of carbonyl (C=O) groups is 2. The number of nitrogens with one attached hydrogen (secondary N) is 3. The molecule has 8 aromatic carbocycles. The van der Waals surface area contributed by atoms with Gasteiger partial charge in [0.15, 0.2) is 0 Å². The second kappa shape index (κ2) is 49.4. The number of nitro benzene ring substituents is 3. The van der Waals surface area contributed by atoms with Crippen LogP contribution in [0.25, 0.3) is 11.4 Å². The molecular formula is C83H104N14O22S4. The first-order valence-electron chi connectivity index (χ1n) is 37.1. The number of rotatable bonds is 32. The Kier molecular flexibility index (Phi) is 41.2. The Hall–Kier alpha value is -12.6. The molecule has 662 valence electrons. The summed E-state index contributed by atoms with van der Waals surface area (Å²) in [6, 6.07) is 50.4. The highest BCUT2D eigenvalue weighted by Gasteiger charge is 2.19. The molecule has 0 radical (unpaired) electrons. The van der Waals surface area contributed by atoms with Gasteiger partial charge < -0.3 is 45.6 Å². The molecule has 0 fully saturated rings. The standard InChI is InChI=1S/C25H30N2O4S.C12H15N3.C12H17NO4S.C9H12N2O5S.C9H14N2O3S.C8H10N2O3.C8H6N2O3/c1-18-6-5-7-22(14-18)27-23(15-19(2)26-27)10-11-24(28)16-20-8-9-21(25(17-20)31-3)12-13-32(4,29)30;1-9-4-3-5-11(6-9)15-12(8-13)7-10(2)14-15;1-9(14)6-10-4-5-11(12(7-10)17-2)8-13-18(3,15)16;1-16-9-5-8(11(12)13)4-3-7(9)6-10-17(2,14)15;1-14-9-5-8(10)4-3-7(9)6-11-15(2,12)13;2*1-13-8-4-7(10(11)12)3-2-6(8)5-9/h5-9,14-15,17H,10-13,16H2,1-4H3;3-7H,8,13H2,1-2H3;4-5,7,13H,6,8H2,1-3H3;3-5,10H,6H2,1-2H3;3-5,11H,6,10H2,1-2H3;2-4H,5,9H2,1H3;2-4H,1H3. The van der Waals surface area contributed by atoms with E-state index in [0.717, 1.165) is 91.9 Å². The molecule has 40 heteroatoms. The number of hydrogen-bond donors (Lipinski definition) is 6. The van der Waals surface area contributed by atoms with Gasteiger partial charge in [-0.25, -0.2) is 57.2 Å². The van der Waals surface area contributed by atoms with E-state index in [-0.39, 0.29) is 71.1 Å². The third kappa shape index (κ3) is 37.1. The SMILES string of the molecule is COc1cc(CC(=O)CCc2cc(C)nn2-c2cccc(C)c2)ccc1CCS(C)(=O)=O.COc1cc(CC(C)=O)ccc1CNS(C)(=O)=O.COc1cc(N)ccc1CNS(C)(=O)=O.COc1cc([N+](=O)[O-])ccc1C#N.COc1cc([N+](=O)[O-])ccc1CN.COc1cc([N+](=O)[O-])ccc1CNS(C)(=O)=O.Cc1cccc(-n2nc(C)cc2CN)c1. The molecule has 0 amide bonds. The number of nitro groups is 3. The molecule has 123 heavy (non-hydrogen) atoms. The number of sulfonamides is 3. The molecule has 0 atom stereocenters. The molecule has 0 aliphatic rings. The second-order valence-corrected chi connectivity index (χ2v) is 35.1. The molecule has 36 nitrogen and oxygen atoms in total. The van der Waals surface area contributed by atoms with E-state index in [9.17, 15) is 73.6 Å². The van der Waals surface area contributed by atoms with Crippen molar-refractivity contribution in [3.05, 3.63) is 279 Å². The maximum absolute atomic E-state index is 12.7. The predicted molar refractivity (Wildman–Crippen MR) is 469 cm³/mol. The van der Waals surface area contributed by atoms with E-state index >= 15 is 0 Å². The number of aromatic nitrogens is 4. The summed E-state index contributed by atoms with van der Waals surface area (Å²) in [6.45, 7) is 10.8. The molecule has 0 spiro atoms. The van der Waals surface area contributed by atoms with Gasteiger partial charge in [-0.3, -0.25) is 39.9 Å². The zero-order valence-electron chi connectivity index (χ0n) is 70.9. The Labute approximate surface area is 716 Å². The molecule has 0 aliphatic heterocycles. The van der Waals surface area contributed by atoms with E-state index in [1.165, 1.54) is 103 Å². The van der Waals surface area contributed by atoms with Crippen LogP contribution in [0, 0.1) is 69.4 Å². The van der Waals surface area contributed by atoms with E-state index in [1.54, 1.807) is 49.6 Å². The summed E-state index contributed by atoms with van der Waals surface area (Å²) in [7, 11) is -4.03. The van der Waals surface area contributed by atoms with Gasteiger partial charge in [0, 0.05) is 116 Å². The molecule has 9 N–H and O–H groups in total. The first-order chi connectivity index (χ1) is 57.8. The molecule has 2 aromatic heterocycles. The molecule has 0 aliphatic carbocycles. The monoisotopic (exact) mass is 1780 g/mol. The van der Waals surface area contributed by atoms with E-state index in [0.29, 0.717) is 79.4 Å². The van der Waals surface area contributed by atoms with E-state index < -0.39 is 54.7 Å². The van der Waals surface area contributed by atoms with Gasteiger partial charge in [-0.1, -0.05) is 54.6 Å². The molecule has 0 saturated carbocycles. The highest BCUT2D eigenvalue weighted by molar-refractivity contribution is 7.90. The number of benzene rings is 8. The van der Waals surface area contributed by atoms with Crippen molar-refractivity contribution < 1.29 is 86.5 Å². The number of hydrogen-bond acceptors (Lipinski definition) is 28. The van der Waals surface area contributed by atoms with Crippen molar-refractivity contribution in [2.45, 2.75) is 99.4 Å². The Balaban J connectivity index is 0.000000310. The van der Waals surface area contributed by atoms with E-state index in [1.807, 2.05) is 96.9 Å². The normalized spacial score (nSPS) is 10.8. The fourth-order valence-corrected chi connectivity index (χ4v) is 13.0. The summed E-state index contributed by atoms with van der Waals surface area (Å²) in [4.78, 5) is 53.4. The summed E-state index contributed by atoms with van der Waals surface area (Å²) in [5, 5.41) is 48.9. The maximum atomic E-state index is 12.7. The first kappa shape index (κ1) is 103. The lowest BCUT2D eigenvalue weighted by molar-refractivity contribution is -0.385. The third-order valence-electron chi connectivity index (χ3n) is 17.1. The van der Waals surface area contributed by atoms with Crippen LogP contribution >= 0.6 is 0 Å². The zero-order chi connectivity index (χ0) is 92.1. The van der Waals surface area contributed by atoms with Crippen molar-refractivity contribution in [2.75, 3.05) is 79.2 Å². The van der Waals surface area contributed by atoms with Crippen molar-refractivity contribution in [3.8, 4) is 51.9 Å². The summed E-state index contributed by atoms with van der Waals surface area (Å²) in [5.74, 6) is 2.98. The van der Waals surface area contributed by atoms with Crippen molar-refractivity contribution in [2.24, 2.45) is 11.5 Å². The molecule has 0 bridgehead atoms. The highest BCUT2D eigenvalue weighted by Crippen LogP contribution is 2.29. The third-order valence-corrected chi connectivity index (χ3v) is 20.0. The average molecular weight is 1780 g/mol. The van der Waals surface area contributed by atoms with Gasteiger partial charge in [-0.2, -0.15) is 15.5 Å². The van der Waals surface area contributed by atoms with Crippen LogP contribution in [0.15, 0.2) is 170 Å². The number of methoxy groups -OCH3 is 6. The van der Waals surface area contributed by atoms with Crippen molar-refractivity contribution in [1.82, 2.24) is 33.7 Å². The predicted octanol–water partition coefficient (Wildman–Crippen LogP) is 10.2. The lowest BCUT2D eigenvalue weighted by Gasteiger charge is -2.11. The number of non-ortho nitro benzene ring substituents is 3. The number of nitrogens with two attached hydrogens (primary N) is 3. The van der Waals surface area contributed by atoms with Crippen LogP contribution in [0.3, 0.4) is 0 Å². The van der Waals surface area contributed by atoms with Gasteiger partial charge in [0.1, 0.15) is 62.0 Å². The molecule has 10 rings (SSSR count). The number of nitrogen functional groups attached to an aromatic ring is 1. The fraction of sp³-hybridized carbons (Fsp3) is 0.313. The van der Waals surface area contributed by atoms with Crippen LogP contribution in [0.2, 0.25) is 0 Å². The minimum absolute atomic E-state index is 0.00838. The van der Waals surface area contributed by atoms with Crippen molar-refractivity contribution in [3.63, 3.8) is 0 Å². The quantitative estimate of drug-likeness (QED) is 0.0130. The smallest absolute Gasteiger partial charge is 0.273 e. The van der Waals surface area contributed by atoms with Crippen LogP contribution in [-0.4, -0.2) is 153 Å². The summed E-state index contributed by atoms with van der Waals surface area (Å²) < 4.78 is 130. The average Bonchev–Trinajstić information content (AvgIpc) is 1.70. The van der Waals surface area contributed by atoms with Crippen molar-refractivity contribution in [1.29, 1.82) is 5.26 Å². The lowest BCUT2D eigenvalue weighted by atomic mass is 10.0. The van der Waals surface area contributed by atoms with E-state index in [4.69, 9.17) is 50.9 Å². The zero-order valence-corrected chi connectivity index (χ0v) is 74.1. The fourth-order valence-electron chi connectivity index (χ4n) is 11.1. The minimum atomic E-state index is -3.31. The number of nitrogens with zero attached hydrogens (tertiary/aromatic N) is 8. The number of anilines is 1. The lowest BCUT2D eigenvalue weighted by Crippen LogP contribution is -2.21. The Morgan fingerprint density at radius 2 is 0.829 bits per heavy atom. The van der Waals surface area contributed by atoms with Crippen molar-refractivity contribution >= 4 is 74.2 Å². The summed E-state index contributed by atoms with van der Waals surface area (Å²) in [6.07, 6.45) is 6.52. The number of Topliss-reactive ketones (excluding diaryl/α,β-unsaturated/α-hetero) is 2. The largest absolute Gasteiger partial charge is 0.496 e. The Morgan fingerprint density at radius 1 is 0.455 bits per heavy atom. The van der Waals surface area contributed by atoms with Crippen LogP contribution in [0.1, 0.15) is 91.8 Å². The van der Waals surface area contributed by atoms with Gasteiger partial charge in [0.05, 0.1) is 134 Å². The highest BCUT2D eigenvalue weighted by atomic mass is 32.2. The van der Waals surface area contributed by atoms with Gasteiger partial charge in [-0.05, 0) is 148 Å². The summed E-state index contributed by atoms with van der Waals surface area (Å²) in [5.41, 5.74) is 31.0. The number of ether oxygens (including phenoxy) is 6. The van der Waals surface area contributed by atoms with Crippen LogP contribution < -0.4 is 59.8 Å². The maximum Gasteiger partial charge on any atom is 0.273 e. The molecular weight excluding hydrogens is 1670 g/mol. The topological polar surface area (TPSA) is 529 Å². The first-order valence-corrected chi connectivity index (χ1v) is 44.8. The van der Waals surface area contributed by atoms with Gasteiger partial charge in [0.2, 0.25) is 30.1 Å². The van der Waals surface area contributed by atoms with Gasteiger partial charge in [0.25, 0.3) is 17.1 Å². The molecule has 2 heterocycles. The number of ketones is 2. The minimum Gasteiger partial charge on any atom is -0.496 e. The van der Waals surface area contributed by atoms with E-state index in [2.05, 4.69) is 49.5 Å². The van der Waals surface area contributed by atoms with Crippen LogP contribution in [-0.2, 0) is 108 Å². The number of sulfone groups is 1. The molecule has 0 unspecified atom stereocenters.